The summed E-state index contributed by atoms with van der Waals surface area (Å²) in [5.74, 6) is 0.658. The lowest BCUT2D eigenvalue weighted by Gasteiger charge is -2.29. The second-order valence-electron chi connectivity index (χ2n) is 6.28. The maximum absolute atomic E-state index is 12.1. The molecule has 1 aromatic heterocycles. The summed E-state index contributed by atoms with van der Waals surface area (Å²) in [5, 5.41) is 21.0. The highest BCUT2D eigenvalue weighted by atomic mass is 32.1. The first-order chi connectivity index (χ1) is 12.0. The van der Waals surface area contributed by atoms with Gasteiger partial charge in [-0.2, -0.15) is 5.26 Å². The monoisotopic (exact) mass is 356 g/mol. The van der Waals surface area contributed by atoms with E-state index in [1.165, 1.54) is 11.3 Å². The zero-order chi connectivity index (χ0) is 17.8. The molecular formula is C18H20N4O2S. The van der Waals surface area contributed by atoms with Crippen LogP contribution in [0, 0.1) is 25.2 Å². The zero-order valence-corrected chi connectivity index (χ0v) is 15.1. The van der Waals surface area contributed by atoms with Crippen LogP contribution in [-0.4, -0.2) is 28.3 Å². The van der Waals surface area contributed by atoms with Gasteiger partial charge in [0.15, 0.2) is 0 Å². The molecule has 7 heteroatoms. The van der Waals surface area contributed by atoms with Crippen molar-refractivity contribution in [3.8, 4) is 11.8 Å². The molecule has 1 amide bonds. The van der Waals surface area contributed by atoms with Crippen LogP contribution < -0.4 is 10.1 Å². The average molecular weight is 356 g/mol. The van der Waals surface area contributed by atoms with Crippen molar-refractivity contribution in [1.82, 2.24) is 15.5 Å². The molecule has 0 aliphatic heterocycles. The number of benzene rings is 1. The van der Waals surface area contributed by atoms with Crippen LogP contribution in [0.25, 0.3) is 0 Å². The molecule has 6 nitrogen and oxygen atoms in total. The molecule has 1 N–H and O–H groups in total. The van der Waals surface area contributed by atoms with Crippen LogP contribution in [0.1, 0.15) is 51.6 Å². The number of carbonyl (C=O) groups is 1. The minimum atomic E-state index is -0.141. The highest BCUT2D eigenvalue weighted by Gasteiger charge is 2.25. The second-order valence-corrected chi connectivity index (χ2v) is 7.46. The third kappa shape index (κ3) is 4.34. The summed E-state index contributed by atoms with van der Waals surface area (Å²) in [6, 6.07) is 7.86. The quantitative estimate of drug-likeness (QED) is 0.909. The van der Waals surface area contributed by atoms with Crippen LogP contribution in [0.4, 0.5) is 0 Å². The maximum Gasteiger partial charge on any atom is 0.282 e. The fourth-order valence-corrected chi connectivity index (χ4v) is 3.58. The Morgan fingerprint density at radius 2 is 2.04 bits per heavy atom. The SMILES string of the molecule is Cc1nnc(C(=O)NC2CCC(Oc3ccc(C#N)c(C)c3)CC2)s1. The predicted octanol–water partition coefficient (Wildman–Crippen LogP) is 3.15. The molecule has 0 radical (unpaired) electrons. The van der Waals surface area contributed by atoms with Gasteiger partial charge in [-0.05, 0) is 63.3 Å². The van der Waals surface area contributed by atoms with Crippen LogP contribution >= 0.6 is 11.3 Å². The van der Waals surface area contributed by atoms with Crippen molar-refractivity contribution in [2.75, 3.05) is 0 Å². The van der Waals surface area contributed by atoms with Crippen LogP contribution in [0.2, 0.25) is 0 Å². The Morgan fingerprint density at radius 1 is 1.28 bits per heavy atom. The van der Waals surface area contributed by atoms with Crippen LogP contribution in [0.5, 0.6) is 5.75 Å². The van der Waals surface area contributed by atoms with Crippen LogP contribution in [0.3, 0.4) is 0 Å². The first-order valence-corrected chi connectivity index (χ1v) is 9.15. The summed E-state index contributed by atoms with van der Waals surface area (Å²) in [5.41, 5.74) is 1.60. The van der Waals surface area contributed by atoms with Gasteiger partial charge < -0.3 is 10.1 Å². The van der Waals surface area contributed by atoms with Gasteiger partial charge in [0, 0.05) is 6.04 Å². The van der Waals surface area contributed by atoms with Crippen molar-refractivity contribution in [3.05, 3.63) is 39.3 Å². The Kier molecular flexibility index (Phi) is 5.29. The van der Waals surface area contributed by atoms with Crippen LogP contribution in [-0.2, 0) is 0 Å². The van der Waals surface area contributed by atoms with E-state index in [0.717, 1.165) is 42.0 Å². The van der Waals surface area contributed by atoms with Gasteiger partial charge in [0.1, 0.15) is 10.8 Å². The third-order valence-corrected chi connectivity index (χ3v) is 5.19. The zero-order valence-electron chi connectivity index (χ0n) is 14.3. The smallest absolute Gasteiger partial charge is 0.282 e. The lowest BCUT2D eigenvalue weighted by Crippen LogP contribution is -2.39. The minimum absolute atomic E-state index is 0.141. The molecule has 0 spiro atoms. The number of ether oxygens (including phenoxy) is 1. The van der Waals surface area contributed by atoms with E-state index in [1.807, 2.05) is 26.0 Å². The predicted molar refractivity (Wildman–Crippen MR) is 94.7 cm³/mol. The molecule has 1 fully saturated rings. The van der Waals surface area contributed by atoms with E-state index in [4.69, 9.17) is 10.00 Å². The summed E-state index contributed by atoms with van der Waals surface area (Å²) in [7, 11) is 0. The molecule has 1 aromatic carbocycles. The topological polar surface area (TPSA) is 87.9 Å². The van der Waals surface area contributed by atoms with Crippen molar-refractivity contribution < 1.29 is 9.53 Å². The average Bonchev–Trinajstić information content (AvgIpc) is 3.03. The van der Waals surface area contributed by atoms with Crippen molar-refractivity contribution >= 4 is 17.2 Å². The van der Waals surface area contributed by atoms with Crippen molar-refractivity contribution in [2.24, 2.45) is 0 Å². The number of rotatable bonds is 4. The van der Waals surface area contributed by atoms with Crippen LogP contribution in [0.15, 0.2) is 18.2 Å². The number of aryl methyl sites for hydroxylation is 2. The number of carbonyl (C=O) groups excluding carboxylic acids is 1. The summed E-state index contributed by atoms with van der Waals surface area (Å²) in [6.45, 7) is 3.74. The number of nitrogens with one attached hydrogen (secondary N) is 1. The first kappa shape index (κ1) is 17.4. The van der Waals surface area contributed by atoms with Gasteiger partial charge in [-0.3, -0.25) is 4.79 Å². The molecule has 0 bridgehead atoms. The molecule has 2 aromatic rings. The number of hydrogen-bond acceptors (Lipinski definition) is 6. The van der Waals surface area contributed by atoms with E-state index >= 15 is 0 Å². The Morgan fingerprint density at radius 3 is 2.64 bits per heavy atom. The highest BCUT2D eigenvalue weighted by molar-refractivity contribution is 7.13. The molecule has 1 aliphatic rings. The second kappa shape index (κ2) is 7.62. The van der Waals surface area contributed by atoms with E-state index in [0.29, 0.717) is 10.6 Å². The first-order valence-electron chi connectivity index (χ1n) is 8.33. The Balaban J connectivity index is 1.49. The summed E-state index contributed by atoms with van der Waals surface area (Å²) in [4.78, 5) is 12.1. The highest BCUT2D eigenvalue weighted by Crippen LogP contribution is 2.25. The summed E-state index contributed by atoms with van der Waals surface area (Å²) < 4.78 is 6.03. The third-order valence-electron chi connectivity index (χ3n) is 4.35. The molecular weight excluding hydrogens is 336 g/mol. The van der Waals surface area contributed by atoms with Gasteiger partial charge in [-0.25, -0.2) is 0 Å². The summed E-state index contributed by atoms with van der Waals surface area (Å²) >= 11 is 1.31. The fourth-order valence-electron chi connectivity index (χ4n) is 2.99. The molecule has 3 rings (SSSR count). The van der Waals surface area contributed by atoms with Gasteiger partial charge in [0.25, 0.3) is 5.91 Å². The van der Waals surface area contributed by atoms with E-state index in [1.54, 1.807) is 6.07 Å². The number of nitriles is 1. The molecule has 0 unspecified atom stereocenters. The minimum Gasteiger partial charge on any atom is -0.490 e. The van der Waals surface area contributed by atoms with Gasteiger partial charge in [0.2, 0.25) is 5.01 Å². The molecule has 25 heavy (non-hydrogen) atoms. The number of amides is 1. The van der Waals surface area contributed by atoms with Gasteiger partial charge in [-0.1, -0.05) is 11.3 Å². The molecule has 1 heterocycles. The van der Waals surface area contributed by atoms with Gasteiger partial charge in [0.05, 0.1) is 17.7 Å². The maximum atomic E-state index is 12.1. The largest absolute Gasteiger partial charge is 0.490 e. The fraction of sp³-hybridized carbons (Fsp3) is 0.444. The van der Waals surface area contributed by atoms with Crippen molar-refractivity contribution in [3.63, 3.8) is 0 Å². The standard InChI is InChI=1S/C18H20N4O2S/c1-11-9-16(6-3-13(11)10-19)24-15-7-4-14(5-8-15)20-17(23)18-22-21-12(2)25-18/h3,6,9,14-15H,4-5,7-8H2,1-2H3,(H,20,23). The van der Waals surface area contributed by atoms with E-state index < -0.39 is 0 Å². The van der Waals surface area contributed by atoms with E-state index in [2.05, 4.69) is 21.6 Å². The van der Waals surface area contributed by atoms with E-state index in [9.17, 15) is 4.79 Å². The van der Waals surface area contributed by atoms with Crippen molar-refractivity contribution in [2.45, 2.75) is 51.7 Å². The normalized spacial score (nSPS) is 19.9. The Hall–Kier alpha value is -2.46. The lowest BCUT2D eigenvalue weighted by molar-refractivity contribution is 0.0893. The number of nitrogens with zero attached hydrogens (tertiary/aromatic N) is 3. The number of hydrogen-bond donors (Lipinski definition) is 1. The van der Waals surface area contributed by atoms with Gasteiger partial charge in [-0.15, -0.1) is 10.2 Å². The molecule has 1 aliphatic carbocycles. The lowest BCUT2D eigenvalue weighted by atomic mass is 9.93. The summed E-state index contributed by atoms with van der Waals surface area (Å²) in [6.07, 6.45) is 3.68. The molecule has 0 atom stereocenters. The number of aromatic nitrogens is 2. The molecule has 130 valence electrons. The Bertz CT molecular complexity index is 804. The van der Waals surface area contributed by atoms with E-state index in [-0.39, 0.29) is 18.1 Å². The molecule has 1 saturated carbocycles. The Labute approximate surface area is 150 Å². The van der Waals surface area contributed by atoms with Gasteiger partial charge >= 0.3 is 0 Å². The molecule has 0 saturated heterocycles. The van der Waals surface area contributed by atoms with Crippen molar-refractivity contribution in [1.29, 1.82) is 5.26 Å².